The minimum atomic E-state index is -0.597. The number of fused-ring (bicyclic) bond motifs is 1. The summed E-state index contributed by atoms with van der Waals surface area (Å²) in [5, 5.41) is 1.49. The van der Waals surface area contributed by atoms with E-state index in [2.05, 4.69) is 4.98 Å². The van der Waals surface area contributed by atoms with Crippen molar-refractivity contribution in [3.05, 3.63) is 70.7 Å². The van der Waals surface area contributed by atoms with Crippen molar-refractivity contribution in [2.24, 2.45) is 0 Å². The van der Waals surface area contributed by atoms with Crippen molar-refractivity contribution in [1.82, 2.24) is 4.98 Å². The number of aromatic nitrogens is 1. The first-order chi connectivity index (χ1) is 10.2. The molecule has 21 heavy (non-hydrogen) atoms. The maximum atomic E-state index is 12.2. The third kappa shape index (κ3) is 3.03. The lowest BCUT2D eigenvalue weighted by atomic mass is 10.1. The van der Waals surface area contributed by atoms with Gasteiger partial charge in [0.05, 0.1) is 10.8 Å². The van der Waals surface area contributed by atoms with E-state index in [0.717, 1.165) is 10.4 Å². The summed E-state index contributed by atoms with van der Waals surface area (Å²) in [6, 6.07) is 14.2. The molecule has 0 bridgehead atoms. The van der Waals surface area contributed by atoms with Gasteiger partial charge in [0.25, 0.3) is 0 Å². The van der Waals surface area contributed by atoms with Crippen molar-refractivity contribution < 1.29 is 9.21 Å². The van der Waals surface area contributed by atoms with Crippen LogP contribution in [0.1, 0.15) is 10.4 Å². The number of carbonyl (C=O) groups excluding carboxylic acids is 1. The van der Waals surface area contributed by atoms with Crippen molar-refractivity contribution in [3.63, 3.8) is 0 Å². The molecule has 0 unspecified atom stereocenters. The van der Waals surface area contributed by atoms with Crippen LogP contribution in [0.3, 0.4) is 0 Å². The van der Waals surface area contributed by atoms with Crippen LogP contribution in [0.5, 0.6) is 0 Å². The maximum absolute atomic E-state index is 12.2. The van der Waals surface area contributed by atoms with Gasteiger partial charge in [-0.25, -0.2) is 9.78 Å². The van der Waals surface area contributed by atoms with Crippen molar-refractivity contribution in [2.75, 3.05) is 5.75 Å². The van der Waals surface area contributed by atoms with Gasteiger partial charge >= 0.3 is 5.63 Å². The summed E-state index contributed by atoms with van der Waals surface area (Å²) in [7, 11) is 0. The molecule has 0 aliphatic heterocycles. The van der Waals surface area contributed by atoms with Crippen LogP contribution in [0.2, 0.25) is 0 Å². The van der Waals surface area contributed by atoms with E-state index in [-0.39, 0.29) is 17.1 Å². The Morgan fingerprint density at radius 3 is 2.76 bits per heavy atom. The first-order valence-electron chi connectivity index (χ1n) is 6.34. The number of hydrogen-bond donors (Lipinski definition) is 0. The number of Topliss-reactive ketones (excluding diaryl/α,β-unsaturated/α-hetero) is 1. The fraction of sp³-hybridized carbons (Fsp3) is 0.0625. The van der Waals surface area contributed by atoms with Gasteiger partial charge in [-0.15, -0.1) is 0 Å². The Morgan fingerprint density at radius 2 is 1.95 bits per heavy atom. The minimum Gasteiger partial charge on any atom is -0.422 e. The second kappa shape index (κ2) is 5.93. The third-order valence-electron chi connectivity index (χ3n) is 2.93. The van der Waals surface area contributed by atoms with E-state index < -0.39 is 5.63 Å². The predicted octanol–water partition coefficient (Wildman–Crippen LogP) is 3.16. The molecule has 0 aliphatic rings. The molecule has 0 fully saturated rings. The maximum Gasteiger partial charge on any atom is 0.347 e. The number of benzene rings is 1. The van der Waals surface area contributed by atoms with Crippen LogP contribution in [0.25, 0.3) is 11.0 Å². The molecule has 0 spiro atoms. The highest BCUT2D eigenvalue weighted by molar-refractivity contribution is 7.99. The van der Waals surface area contributed by atoms with Crippen LogP contribution in [-0.4, -0.2) is 16.5 Å². The zero-order valence-corrected chi connectivity index (χ0v) is 11.8. The van der Waals surface area contributed by atoms with Crippen LogP contribution < -0.4 is 5.63 Å². The number of hydrogen-bond acceptors (Lipinski definition) is 5. The quantitative estimate of drug-likeness (QED) is 0.420. The Bertz CT molecular complexity index is 843. The van der Waals surface area contributed by atoms with Crippen LogP contribution >= 0.6 is 11.8 Å². The summed E-state index contributed by atoms with van der Waals surface area (Å²) in [6.45, 7) is 0. The fourth-order valence-electron chi connectivity index (χ4n) is 1.91. The average molecular weight is 297 g/mol. The number of pyridine rings is 1. The largest absolute Gasteiger partial charge is 0.422 e. The van der Waals surface area contributed by atoms with E-state index in [1.165, 1.54) is 11.8 Å². The standard InChI is InChI=1S/C16H11NO3S/c18-13(10-21-15-7-3-4-8-17-15)12-9-11-5-1-2-6-14(11)20-16(12)19/h1-9H,10H2. The van der Waals surface area contributed by atoms with Crippen LogP contribution in [0.4, 0.5) is 0 Å². The van der Waals surface area contributed by atoms with E-state index in [1.54, 1.807) is 30.5 Å². The zero-order valence-electron chi connectivity index (χ0n) is 11.0. The molecule has 0 amide bonds. The molecule has 0 aliphatic carbocycles. The van der Waals surface area contributed by atoms with E-state index >= 15 is 0 Å². The summed E-state index contributed by atoms with van der Waals surface area (Å²) < 4.78 is 5.16. The molecule has 4 nitrogen and oxygen atoms in total. The van der Waals surface area contributed by atoms with Gasteiger partial charge in [0, 0.05) is 11.6 Å². The molecule has 104 valence electrons. The predicted molar refractivity (Wildman–Crippen MR) is 81.8 cm³/mol. The summed E-state index contributed by atoms with van der Waals surface area (Å²) in [4.78, 5) is 28.2. The molecular weight excluding hydrogens is 286 g/mol. The number of para-hydroxylation sites is 1. The van der Waals surface area contributed by atoms with Gasteiger partial charge in [0.15, 0.2) is 5.78 Å². The summed E-state index contributed by atoms with van der Waals surface area (Å²) >= 11 is 1.30. The molecular formula is C16H11NO3S. The lowest BCUT2D eigenvalue weighted by Gasteiger charge is -2.02. The third-order valence-corrected chi connectivity index (χ3v) is 3.87. The Labute approximate surface area is 124 Å². The van der Waals surface area contributed by atoms with Gasteiger partial charge in [0.1, 0.15) is 11.1 Å². The summed E-state index contributed by atoms with van der Waals surface area (Å²) in [5.41, 5.74) is -0.0334. The monoisotopic (exact) mass is 297 g/mol. The highest BCUT2D eigenvalue weighted by Gasteiger charge is 2.14. The number of ketones is 1. The van der Waals surface area contributed by atoms with Crippen molar-refractivity contribution in [1.29, 1.82) is 0 Å². The second-order valence-corrected chi connectivity index (χ2v) is 5.36. The van der Waals surface area contributed by atoms with Gasteiger partial charge in [-0.2, -0.15) is 0 Å². The minimum absolute atomic E-state index is 0.0807. The second-order valence-electron chi connectivity index (χ2n) is 4.37. The molecule has 3 rings (SSSR count). The number of thioether (sulfide) groups is 1. The van der Waals surface area contributed by atoms with Gasteiger partial charge in [-0.3, -0.25) is 4.79 Å². The highest BCUT2D eigenvalue weighted by Crippen LogP contribution is 2.17. The van der Waals surface area contributed by atoms with Gasteiger partial charge < -0.3 is 4.42 Å². The molecule has 2 heterocycles. The van der Waals surface area contributed by atoms with E-state index in [1.807, 2.05) is 24.3 Å². The Kier molecular flexibility index (Phi) is 3.83. The Morgan fingerprint density at radius 1 is 1.14 bits per heavy atom. The normalized spacial score (nSPS) is 10.7. The molecule has 5 heteroatoms. The zero-order chi connectivity index (χ0) is 14.7. The van der Waals surface area contributed by atoms with E-state index in [9.17, 15) is 9.59 Å². The van der Waals surface area contributed by atoms with Crippen LogP contribution in [-0.2, 0) is 0 Å². The highest BCUT2D eigenvalue weighted by atomic mass is 32.2. The number of nitrogens with zero attached hydrogens (tertiary/aromatic N) is 1. The lowest BCUT2D eigenvalue weighted by Crippen LogP contribution is -2.15. The molecule has 3 aromatic rings. The topological polar surface area (TPSA) is 60.2 Å². The molecule has 0 atom stereocenters. The molecule has 2 aromatic heterocycles. The first-order valence-corrected chi connectivity index (χ1v) is 7.32. The first kappa shape index (κ1) is 13.6. The van der Waals surface area contributed by atoms with Crippen molar-refractivity contribution in [2.45, 2.75) is 5.03 Å². The summed E-state index contributed by atoms with van der Waals surface area (Å²) in [5.74, 6) is -0.106. The molecule has 0 N–H and O–H groups in total. The average Bonchev–Trinajstić information content (AvgIpc) is 2.53. The van der Waals surface area contributed by atoms with E-state index in [4.69, 9.17) is 4.42 Å². The molecule has 1 aromatic carbocycles. The van der Waals surface area contributed by atoms with Crippen LogP contribution in [0, 0.1) is 0 Å². The van der Waals surface area contributed by atoms with Gasteiger partial charge in [-0.1, -0.05) is 36.0 Å². The molecule has 0 radical (unpaired) electrons. The van der Waals surface area contributed by atoms with Crippen molar-refractivity contribution in [3.8, 4) is 0 Å². The van der Waals surface area contributed by atoms with Crippen molar-refractivity contribution >= 4 is 28.5 Å². The van der Waals surface area contributed by atoms with Gasteiger partial charge in [-0.05, 0) is 24.3 Å². The Balaban J connectivity index is 1.84. The number of carbonyl (C=O) groups is 1. The van der Waals surface area contributed by atoms with E-state index in [0.29, 0.717) is 5.58 Å². The molecule has 0 saturated heterocycles. The Hall–Kier alpha value is -2.40. The summed E-state index contributed by atoms with van der Waals surface area (Å²) in [6.07, 6.45) is 1.66. The number of rotatable bonds is 4. The fourth-order valence-corrected chi connectivity index (χ4v) is 2.65. The van der Waals surface area contributed by atoms with Gasteiger partial charge in [0.2, 0.25) is 0 Å². The lowest BCUT2D eigenvalue weighted by molar-refractivity contribution is 0.101. The molecule has 0 saturated carbocycles. The SMILES string of the molecule is O=C(CSc1ccccn1)c1cc2ccccc2oc1=O. The van der Waals surface area contributed by atoms with Crippen LogP contribution in [0.15, 0.2) is 69.0 Å². The smallest absolute Gasteiger partial charge is 0.347 e.